The molecule has 0 unspecified atom stereocenters. The highest BCUT2D eigenvalue weighted by molar-refractivity contribution is 5.66. The molecular weight excluding hydrogens is 292 g/mol. The molecule has 0 spiro atoms. The number of aliphatic carboxylic acids is 1. The third-order valence-corrected chi connectivity index (χ3v) is 3.97. The summed E-state index contributed by atoms with van der Waals surface area (Å²) >= 11 is 0. The molecule has 0 bridgehead atoms. The van der Waals surface area contributed by atoms with Crippen LogP contribution < -0.4 is 0 Å². The Hall–Kier alpha value is -2.49. The largest absolute Gasteiger partial charge is 0.508 e. The van der Waals surface area contributed by atoms with E-state index in [1.165, 1.54) is 0 Å². The summed E-state index contributed by atoms with van der Waals surface area (Å²) in [6, 6.07) is 14.3. The van der Waals surface area contributed by atoms with Crippen molar-refractivity contribution < 1.29 is 20.1 Å². The topological polar surface area (TPSA) is 77.8 Å². The van der Waals surface area contributed by atoms with E-state index in [2.05, 4.69) is 0 Å². The first-order valence-corrected chi connectivity index (χ1v) is 7.86. The van der Waals surface area contributed by atoms with Crippen LogP contribution in [-0.4, -0.2) is 21.3 Å². The Morgan fingerprint density at radius 1 is 0.783 bits per heavy atom. The van der Waals surface area contributed by atoms with Crippen LogP contribution in [0.25, 0.3) is 0 Å². The summed E-state index contributed by atoms with van der Waals surface area (Å²) in [4.78, 5) is 10.6. The Morgan fingerprint density at radius 3 is 1.70 bits per heavy atom. The van der Waals surface area contributed by atoms with Gasteiger partial charge in [-0.15, -0.1) is 0 Å². The second-order valence-electron chi connectivity index (χ2n) is 5.73. The molecular formula is C19H22O4. The highest BCUT2D eigenvalue weighted by Crippen LogP contribution is 2.32. The van der Waals surface area contributed by atoms with Crippen molar-refractivity contribution in [1.82, 2.24) is 0 Å². The second kappa shape index (κ2) is 8.22. The fraction of sp³-hybridized carbons (Fsp3) is 0.316. The van der Waals surface area contributed by atoms with Crippen molar-refractivity contribution in [3.05, 3.63) is 59.7 Å². The first-order valence-electron chi connectivity index (χ1n) is 7.86. The number of hydrogen-bond acceptors (Lipinski definition) is 3. The molecule has 0 saturated heterocycles. The number of benzene rings is 2. The van der Waals surface area contributed by atoms with Gasteiger partial charge in [-0.2, -0.15) is 0 Å². The fourth-order valence-corrected chi connectivity index (χ4v) is 2.74. The first kappa shape index (κ1) is 16.9. The molecule has 0 atom stereocenters. The molecule has 2 aromatic carbocycles. The molecule has 0 amide bonds. The number of aromatic hydroxyl groups is 2. The maximum Gasteiger partial charge on any atom is 0.303 e. The molecule has 2 aromatic rings. The molecule has 4 heteroatoms. The number of carboxylic acid groups (broad SMARTS) is 1. The third-order valence-electron chi connectivity index (χ3n) is 3.97. The van der Waals surface area contributed by atoms with Crippen LogP contribution in [0, 0.1) is 0 Å². The Labute approximate surface area is 136 Å². The zero-order valence-electron chi connectivity index (χ0n) is 13.0. The van der Waals surface area contributed by atoms with Crippen molar-refractivity contribution in [1.29, 1.82) is 0 Å². The minimum atomic E-state index is -0.751. The van der Waals surface area contributed by atoms with E-state index in [-0.39, 0.29) is 23.8 Å². The van der Waals surface area contributed by atoms with E-state index in [0.29, 0.717) is 6.42 Å². The van der Waals surface area contributed by atoms with E-state index in [9.17, 15) is 15.0 Å². The molecule has 0 fully saturated rings. The molecule has 0 saturated carbocycles. The number of phenols is 2. The van der Waals surface area contributed by atoms with Gasteiger partial charge < -0.3 is 15.3 Å². The predicted molar refractivity (Wildman–Crippen MR) is 88.8 cm³/mol. The van der Waals surface area contributed by atoms with Gasteiger partial charge in [-0.25, -0.2) is 0 Å². The summed E-state index contributed by atoms with van der Waals surface area (Å²) < 4.78 is 0. The molecule has 0 aliphatic rings. The number of hydrogen-bond donors (Lipinski definition) is 3. The predicted octanol–water partition coefficient (Wildman–Crippen LogP) is 4.26. The average Bonchev–Trinajstić information content (AvgIpc) is 2.53. The highest BCUT2D eigenvalue weighted by Gasteiger charge is 2.14. The van der Waals surface area contributed by atoms with E-state index in [4.69, 9.17) is 5.11 Å². The Kier molecular flexibility index (Phi) is 6.03. The molecule has 4 nitrogen and oxygen atoms in total. The molecule has 0 aliphatic carbocycles. The average molecular weight is 314 g/mol. The van der Waals surface area contributed by atoms with Crippen molar-refractivity contribution in [2.75, 3.05) is 0 Å². The summed E-state index contributed by atoms with van der Waals surface area (Å²) in [6.07, 6.45) is 3.60. The van der Waals surface area contributed by atoms with Gasteiger partial charge in [-0.1, -0.05) is 37.1 Å². The van der Waals surface area contributed by atoms with Gasteiger partial charge in [0.15, 0.2) is 0 Å². The van der Waals surface area contributed by atoms with Crippen molar-refractivity contribution in [2.45, 2.75) is 38.0 Å². The monoisotopic (exact) mass is 314 g/mol. The quantitative estimate of drug-likeness (QED) is 0.636. The Bertz CT molecular complexity index is 571. The summed E-state index contributed by atoms with van der Waals surface area (Å²) in [7, 11) is 0. The molecule has 0 radical (unpaired) electrons. The minimum Gasteiger partial charge on any atom is -0.508 e. The van der Waals surface area contributed by atoms with Crippen LogP contribution in [0.2, 0.25) is 0 Å². The van der Waals surface area contributed by atoms with E-state index in [0.717, 1.165) is 30.4 Å². The van der Waals surface area contributed by atoms with Gasteiger partial charge >= 0.3 is 5.97 Å². The molecule has 23 heavy (non-hydrogen) atoms. The lowest BCUT2D eigenvalue weighted by Gasteiger charge is -2.18. The number of unbranched alkanes of at least 4 members (excludes halogenated alkanes) is 2. The summed E-state index contributed by atoms with van der Waals surface area (Å²) in [5.41, 5.74) is 2.21. The van der Waals surface area contributed by atoms with Gasteiger partial charge in [-0.3, -0.25) is 4.79 Å². The molecule has 122 valence electrons. The first-order chi connectivity index (χ1) is 11.1. The van der Waals surface area contributed by atoms with Gasteiger partial charge in [0.1, 0.15) is 11.5 Å². The Morgan fingerprint density at radius 2 is 1.26 bits per heavy atom. The van der Waals surface area contributed by atoms with Gasteiger partial charge in [-0.05, 0) is 48.2 Å². The van der Waals surface area contributed by atoms with Gasteiger partial charge in [0, 0.05) is 12.3 Å². The standard InChI is InChI=1S/C19H22O4/c20-16-10-6-14(7-11-16)18(4-2-1-3-5-19(22)23)15-8-12-17(21)13-9-15/h6-13,18,20-21H,1-5H2,(H,22,23). The lowest BCUT2D eigenvalue weighted by atomic mass is 9.86. The SMILES string of the molecule is O=C(O)CCCCCC(c1ccc(O)cc1)c1ccc(O)cc1. The van der Waals surface area contributed by atoms with Crippen LogP contribution >= 0.6 is 0 Å². The zero-order chi connectivity index (χ0) is 16.7. The van der Waals surface area contributed by atoms with Crippen LogP contribution in [0.5, 0.6) is 11.5 Å². The number of carboxylic acids is 1. The van der Waals surface area contributed by atoms with Crippen LogP contribution in [0.4, 0.5) is 0 Å². The zero-order valence-corrected chi connectivity index (χ0v) is 13.0. The highest BCUT2D eigenvalue weighted by atomic mass is 16.4. The van der Waals surface area contributed by atoms with Crippen LogP contribution in [0.3, 0.4) is 0 Å². The van der Waals surface area contributed by atoms with E-state index in [1.54, 1.807) is 24.3 Å². The molecule has 2 rings (SSSR count). The van der Waals surface area contributed by atoms with Crippen molar-refractivity contribution >= 4 is 5.97 Å². The number of carbonyl (C=O) groups is 1. The summed E-state index contributed by atoms with van der Waals surface area (Å²) in [5.74, 6) is -0.112. The number of rotatable bonds is 8. The third kappa shape index (κ3) is 5.33. The van der Waals surface area contributed by atoms with Crippen molar-refractivity contribution in [2.24, 2.45) is 0 Å². The number of phenolic OH excluding ortho intramolecular Hbond substituents is 2. The van der Waals surface area contributed by atoms with E-state index in [1.807, 2.05) is 24.3 Å². The molecule has 3 N–H and O–H groups in total. The lowest BCUT2D eigenvalue weighted by molar-refractivity contribution is -0.137. The van der Waals surface area contributed by atoms with Gasteiger partial charge in [0.05, 0.1) is 0 Å². The second-order valence-corrected chi connectivity index (χ2v) is 5.73. The van der Waals surface area contributed by atoms with Crippen LogP contribution in [0.1, 0.15) is 49.1 Å². The molecule has 0 aromatic heterocycles. The lowest BCUT2D eigenvalue weighted by Crippen LogP contribution is -2.02. The minimum absolute atomic E-state index is 0.168. The van der Waals surface area contributed by atoms with E-state index < -0.39 is 5.97 Å². The summed E-state index contributed by atoms with van der Waals surface area (Å²) in [6.45, 7) is 0. The molecule has 0 aliphatic heterocycles. The smallest absolute Gasteiger partial charge is 0.303 e. The van der Waals surface area contributed by atoms with Crippen molar-refractivity contribution in [3.63, 3.8) is 0 Å². The maximum absolute atomic E-state index is 10.6. The van der Waals surface area contributed by atoms with Crippen molar-refractivity contribution in [3.8, 4) is 11.5 Å². The maximum atomic E-state index is 10.6. The molecule has 0 heterocycles. The Balaban J connectivity index is 2.07. The summed E-state index contributed by atoms with van der Waals surface area (Å²) in [5, 5.41) is 27.6. The van der Waals surface area contributed by atoms with Crippen LogP contribution in [0.15, 0.2) is 48.5 Å². The van der Waals surface area contributed by atoms with Gasteiger partial charge in [0.2, 0.25) is 0 Å². The van der Waals surface area contributed by atoms with Gasteiger partial charge in [0.25, 0.3) is 0 Å². The fourth-order valence-electron chi connectivity index (χ4n) is 2.74. The normalized spacial score (nSPS) is 10.8. The van der Waals surface area contributed by atoms with Crippen LogP contribution in [-0.2, 0) is 4.79 Å². The van der Waals surface area contributed by atoms with E-state index >= 15 is 0 Å².